The largest absolute Gasteiger partial charge is 0.369 e. The molecule has 1 rings (SSSR count). The van der Waals surface area contributed by atoms with Gasteiger partial charge in [0, 0.05) is 12.5 Å². The van der Waals surface area contributed by atoms with Crippen LogP contribution in [0.15, 0.2) is 12.2 Å². The molecule has 0 unspecified atom stereocenters. The summed E-state index contributed by atoms with van der Waals surface area (Å²) in [5.41, 5.74) is 6.42. The summed E-state index contributed by atoms with van der Waals surface area (Å²) in [6, 6.07) is 0. The zero-order chi connectivity index (χ0) is 9.84. The number of amides is 1. The number of carbonyl (C=O) groups excluding carboxylic acids is 1. The highest BCUT2D eigenvalue weighted by molar-refractivity contribution is 5.76. The van der Waals surface area contributed by atoms with Gasteiger partial charge in [0.15, 0.2) is 0 Å². The molecule has 3 heteroatoms. The van der Waals surface area contributed by atoms with Gasteiger partial charge < -0.3 is 5.73 Å². The van der Waals surface area contributed by atoms with E-state index >= 15 is 0 Å². The summed E-state index contributed by atoms with van der Waals surface area (Å²) in [6.45, 7) is 8.79. The summed E-state index contributed by atoms with van der Waals surface area (Å²) in [5.74, 6) is -0.0450. The molecule has 2 N–H and O–H groups in total. The fourth-order valence-electron chi connectivity index (χ4n) is 1.76. The predicted octanol–water partition coefficient (Wildman–Crippen LogP) is 0.760. The molecule has 3 nitrogen and oxygen atoms in total. The van der Waals surface area contributed by atoms with E-state index in [-0.39, 0.29) is 11.8 Å². The van der Waals surface area contributed by atoms with Gasteiger partial charge in [0.2, 0.25) is 5.91 Å². The third-order valence-electron chi connectivity index (χ3n) is 2.48. The van der Waals surface area contributed by atoms with Crippen molar-refractivity contribution in [1.29, 1.82) is 0 Å². The zero-order valence-corrected chi connectivity index (χ0v) is 8.25. The van der Waals surface area contributed by atoms with Crippen LogP contribution in [0, 0.1) is 5.92 Å². The molecule has 1 aliphatic heterocycles. The Labute approximate surface area is 79.6 Å². The fourth-order valence-corrected chi connectivity index (χ4v) is 1.76. The summed E-state index contributed by atoms with van der Waals surface area (Å²) >= 11 is 0. The van der Waals surface area contributed by atoms with Crippen LogP contribution in [-0.2, 0) is 4.79 Å². The van der Waals surface area contributed by atoms with Gasteiger partial charge in [-0.2, -0.15) is 0 Å². The van der Waals surface area contributed by atoms with Crippen LogP contribution in [0.4, 0.5) is 0 Å². The van der Waals surface area contributed by atoms with Crippen LogP contribution in [0.1, 0.15) is 19.8 Å². The van der Waals surface area contributed by atoms with E-state index in [9.17, 15) is 4.79 Å². The molecule has 74 valence electrons. The zero-order valence-electron chi connectivity index (χ0n) is 8.25. The van der Waals surface area contributed by atoms with Gasteiger partial charge in [0.25, 0.3) is 0 Å². The van der Waals surface area contributed by atoms with Gasteiger partial charge in [0.1, 0.15) is 0 Å². The Morgan fingerprint density at radius 3 is 2.46 bits per heavy atom. The van der Waals surface area contributed by atoms with Gasteiger partial charge in [-0.1, -0.05) is 12.2 Å². The van der Waals surface area contributed by atoms with Crippen molar-refractivity contribution in [3.63, 3.8) is 0 Å². The molecule has 1 fully saturated rings. The molecule has 0 aliphatic carbocycles. The van der Waals surface area contributed by atoms with E-state index in [1.165, 1.54) is 5.57 Å². The Balaban J connectivity index is 2.30. The topological polar surface area (TPSA) is 46.3 Å². The van der Waals surface area contributed by atoms with Crippen LogP contribution >= 0.6 is 0 Å². The van der Waals surface area contributed by atoms with Crippen LogP contribution in [0.3, 0.4) is 0 Å². The maximum absolute atomic E-state index is 10.9. The van der Waals surface area contributed by atoms with Crippen molar-refractivity contribution in [2.45, 2.75) is 19.8 Å². The maximum Gasteiger partial charge on any atom is 0.220 e. The third-order valence-corrected chi connectivity index (χ3v) is 2.48. The number of likely N-dealkylation sites (tertiary alicyclic amines) is 1. The van der Waals surface area contributed by atoms with Crippen molar-refractivity contribution < 1.29 is 4.79 Å². The first-order valence-corrected chi connectivity index (χ1v) is 4.75. The lowest BCUT2D eigenvalue weighted by molar-refractivity contribution is -0.123. The molecule has 0 aromatic carbocycles. The number of nitrogens with two attached hydrogens (primary N) is 1. The first kappa shape index (κ1) is 10.3. The number of rotatable bonds is 3. The summed E-state index contributed by atoms with van der Waals surface area (Å²) in [5, 5.41) is 0. The summed E-state index contributed by atoms with van der Waals surface area (Å²) in [4.78, 5) is 13.2. The molecular weight excluding hydrogens is 164 g/mol. The lowest BCUT2D eigenvalue weighted by atomic mass is 9.96. The standard InChI is InChI=1S/C10H18N2O/c1-8(2)7-12-5-3-9(4-6-12)10(11)13/h9H,1,3-7H2,2H3,(H2,11,13). The van der Waals surface area contributed by atoms with Gasteiger partial charge in [-0.15, -0.1) is 0 Å². The third kappa shape index (κ3) is 3.19. The molecule has 1 saturated heterocycles. The number of nitrogens with zero attached hydrogens (tertiary/aromatic N) is 1. The van der Waals surface area contributed by atoms with Crippen molar-refractivity contribution in [1.82, 2.24) is 4.90 Å². The Morgan fingerprint density at radius 1 is 1.54 bits per heavy atom. The van der Waals surface area contributed by atoms with Crippen LogP contribution < -0.4 is 5.73 Å². The van der Waals surface area contributed by atoms with Gasteiger partial charge in [0.05, 0.1) is 0 Å². The highest BCUT2D eigenvalue weighted by atomic mass is 16.1. The first-order chi connectivity index (χ1) is 6.09. The molecule has 0 radical (unpaired) electrons. The van der Waals surface area contributed by atoms with E-state index in [4.69, 9.17) is 5.73 Å². The van der Waals surface area contributed by atoms with E-state index in [0.29, 0.717) is 0 Å². The number of carbonyl (C=O) groups is 1. The Kier molecular flexibility index (Phi) is 3.48. The lowest BCUT2D eigenvalue weighted by Gasteiger charge is -2.30. The smallest absolute Gasteiger partial charge is 0.220 e. The molecule has 0 aromatic rings. The SMILES string of the molecule is C=C(C)CN1CCC(C(N)=O)CC1. The molecule has 0 atom stereocenters. The minimum Gasteiger partial charge on any atom is -0.369 e. The number of piperidine rings is 1. The summed E-state index contributed by atoms with van der Waals surface area (Å²) < 4.78 is 0. The quantitative estimate of drug-likeness (QED) is 0.655. The van der Waals surface area contributed by atoms with Gasteiger partial charge in [-0.05, 0) is 32.9 Å². The molecule has 0 saturated carbocycles. The monoisotopic (exact) mass is 182 g/mol. The summed E-state index contributed by atoms with van der Waals surface area (Å²) in [7, 11) is 0. The fraction of sp³-hybridized carbons (Fsp3) is 0.700. The molecule has 13 heavy (non-hydrogen) atoms. The van der Waals surface area contributed by atoms with Gasteiger partial charge in [-0.25, -0.2) is 0 Å². The van der Waals surface area contributed by atoms with E-state index < -0.39 is 0 Å². The number of hydrogen-bond donors (Lipinski definition) is 1. The number of hydrogen-bond acceptors (Lipinski definition) is 2. The van der Waals surface area contributed by atoms with Crippen LogP contribution in [-0.4, -0.2) is 30.4 Å². The predicted molar refractivity (Wildman–Crippen MR) is 53.2 cm³/mol. The Morgan fingerprint density at radius 2 is 2.08 bits per heavy atom. The molecule has 1 aliphatic rings. The maximum atomic E-state index is 10.9. The average Bonchev–Trinajstić information content (AvgIpc) is 2.04. The normalized spacial score (nSPS) is 20.1. The van der Waals surface area contributed by atoms with Crippen molar-refractivity contribution in [3.05, 3.63) is 12.2 Å². The second-order valence-electron chi connectivity index (χ2n) is 3.91. The van der Waals surface area contributed by atoms with E-state index in [0.717, 1.165) is 32.5 Å². The van der Waals surface area contributed by atoms with Gasteiger partial charge >= 0.3 is 0 Å². The van der Waals surface area contributed by atoms with E-state index in [2.05, 4.69) is 11.5 Å². The van der Waals surface area contributed by atoms with Crippen molar-refractivity contribution >= 4 is 5.91 Å². The Hall–Kier alpha value is -0.830. The molecule has 1 amide bonds. The molecule has 0 spiro atoms. The highest BCUT2D eigenvalue weighted by Crippen LogP contribution is 2.16. The van der Waals surface area contributed by atoms with Crippen LogP contribution in [0.2, 0.25) is 0 Å². The lowest BCUT2D eigenvalue weighted by Crippen LogP contribution is -2.39. The highest BCUT2D eigenvalue weighted by Gasteiger charge is 2.22. The molecular formula is C10H18N2O. The first-order valence-electron chi connectivity index (χ1n) is 4.75. The van der Waals surface area contributed by atoms with E-state index in [1.54, 1.807) is 0 Å². The van der Waals surface area contributed by atoms with Crippen LogP contribution in [0.5, 0.6) is 0 Å². The minimum atomic E-state index is -0.144. The second kappa shape index (κ2) is 4.42. The molecule has 1 heterocycles. The number of primary amides is 1. The van der Waals surface area contributed by atoms with Crippen molar-refractivity contribution in [3.8, 4) is 0 Å². The average molecular weight is 182 g/mol. The van der Waals surface area contributed by atoms with E-state index in [1.807, 2.05) is 6.92 Å². The van der Waals surface area contributed by atoms with Crippen LogP contribution in [0.25, 0.3) is 0 Å². The van der Waals surface area contributed by atoms with Crippen molar-refractivity contribution in [2.24, 2.45) is 11.7 Å². The van der Waals surface area contributed by atoms with Crippen molar-refractivity contribution in [2.75, 3.05) is 19.6 Å². The molecule has 0 bridgehead atoms. The molecule has 0 aromatic heterocycles. The minimum absolute atomic E-state index is 0.0985. The second-order valence-corrected chi connectivity index (χ2v) is 3.91. The Bertz CT molecular complexity index is 205. The summed E-state index contributed by atoms with van der Waals surface area (Å²) in [6.07, 6.45) is 1.81. The van der Waals surface area contributed by atoms with Gasteiger partial charge in [-0.3, -0.25) is 9.69 Å².